The average molecular weight is 1300 g/mol. The summed E-state index contributed by atoms with van der Waals surface area (Å²) < 4.78 is 0. The third-order valence-corrected chi connectivity index (χ3v) is 27.1. The van der Waals surface area contributed by atoms with Crippen molar-refractivity contribution in [2.75, 3.05) is 0 Å². The second-order valence-electron chi connectivity index (χ2n) is 34.1. The fraction of sp³-hybridized carbons (Fsp3) is 0.818. The minimum atomic E-state index is 0.220. The molecule has 0 aromatic heterocycles. The predicted octanol–water partition coefficient (Wildman–Crippen LogP) is 27.6. The molecule has 10 rings (SSSR count). The minimum absolute atomic E-state index is 0.220. The van der Waals surface area contributed by atoms with Crippen molar-refractivity contribution in [1.82, 2.24) is 0 Å². The van der Waals surface area contributed by atoms with Gasteiger partial charge in [0.05, 0.1) is 0 Å². The van der Waals surface area contributed by atoms with E-state index in [9.17, 15) is 0 Å². The van der Waals surface area contributed by atoms with Crippen LogP contribution in [0.2, 0.25) is 0 Å². The monoisotopic (exact) mass is 1300 g/mol. The van der Waals surface area contributed by atoms with Crippen molar-refractivity contribution < 1.29 is 0 Å². The summed E-state index contributed by atoms with van der Waals surface area (Å²) in [6.45, 7) is 27.7. The summed E-state index contributed by atoms with van der Waals surface area (Å²) in [7, 11) is 0. The number of rotatable bonds is 5. The molecule has 10 saturated carbocycles. The number of halogens is 3. The lowest BCUT2D eigenvalue weighted by molar-refractivity contribution is 0.134. The third-order valence-electron chi connectivity index (χ3n) is 26.6. The van der Waals surface area contributed by atoms with Gasteiger partial charge in [-0.05, 0) is 334 Å². The van der Waals surface area contributed by atoms with Gasteiger partial charge in [-0.15, -0.1) is 24.7 Å². The Hall–Kier alpha value is -2.11. The summed E-state index contributed by atoms with van der Waals surface area (Å²) in [4.78, 5) is 0. The van der Waals surface area contributed by atoms with E-state index in [0.29, 0.717) is 0 Å². The Morgan fingerprint density at radius 3 is 0.582 bits per heavy atom. The zero-order valence-electron chi connectivity index (χ0n) is 61.2. The van der Waals surface area contributed by atoms with Crippen molar-refractivity contribution in [2.24, 2.45) is 116 Å². The van der Waals surface area contributed by atoms with E-state index >= 15 is 0 Å². The molecule has 0 aromatic rings. The van der Waals surface area contributed by atoms with Crippen LogP contribution in [0, 0.1) is 176 Å². The van der Waals surface area contributed by atoms with E-state index in [1.165, 1.54) is 273 Å². The SMILES string of the molecule is C#CC1(C)CCC(C2CCC(C)CC2)CC1.C#CC1(C)CCC(C2CCC(C)CC2)CC1.CC.CC1CCC(C2CCC(C)(C#C/C=C/C#CC3(C)CCC(C4CCC(C)CC4)CC3)CC2)CC1.CC1CCC(C2CCC(C)(C#C/C=C/Cl)CC2)CC1.Cl/C=C/Cl. The van der Waals surface area contributed by atoms with Crippen LogP contribution in [0.15, 0.2) is 34.8 Å². The van der Waals surface area contributed by atoms with E-state index in [2.05, 4.69) is 117 Å². The molecule has 0 aromatic carbocycles. The first-order valence-electron chi connectivity index (χ1n) is 38.9. The van der Waals surface area contributed by atoms with E-state index in [1.54, 1.807) is 6.08 Å². The Morgan fingerprint density at radius 2 is 0.418 bits per heavy atom. The normalized spacial score (nSPS) is 40.8. The van der Waals surface area contributed by atoms with Crippen LogP contribution < -0.4 is 0 Å². The van der Waals surface area contributed by atoms with Crippen molar-refractivity contribution in [3.63, 3.8) is 0 Å². The number of hydrogen-bond donors (Lipinski definition) is 0. The second-order valence-corrected chi connectivity index (χ2v) is 34.8. The summed E-state index contributed by atoms with van der Waals surface area (Å²) in [5, 5.41) is 0. The molecule has 0 unspecified atom stereocenters. The Balaban J connectivity index is 0.000000226. The topological polar surface area (TPSA) is 0 Å². The van der Waals surface area contributed by atoms with Crippen molar-refractivity contribution in [1.29, 1.82) is 0 Å². The largest absolute Gasteiger partial charge is 0.120 e. The van der Waals surface area contributed by atoms with Crippen LogP contribution in [0.5, 0.6) is 0 Å². The second kappa shape index (κ2) is 41.2. The molecular formula is C88H139Cl3. The molecule has 10 fully saturated rings. The van der Waals surface area contributed by atoms with Crippen molar-refractivity contribution in [3.05, 3.63) is 34.8 Å². The van der Waals surface area contributed by atoms with Crippen LogP contribution in [-0.2, 0) is 0 Å². The third kappa shape index (κ3) is 28.1. The first kappa shape index (κ1) is 79.6. The fourth-order valence-electron chi connectivity index (χ4n) is 19.0. The highest BCUT2D eigenvalue weighted by molar-refractivity contribution is 6.33. The standard InChI is InChI=1S/C34H52.C18H27Cl.2C16H26.C2H2Cl2.C2H6/c1-27-9-13-29(14-10-27)31-17-23-33(3,24-18-31)21-7-5-6-8-22-34(4)25-19-32(20-26-34)30-15-11-28(2)12-16-30;1-15-5-7-16(8-6-15)17-9-12-18(2,13-10-17)11-3-4-14-19;2*1-4-16(3)11-9-15(10-12-16)14-7-5-13(2)6-8-14;3-1-2-4;1-2/h5-6,27-32H,9-20,23-26H2,1-4H3;4,14-17H,5-10,12-13H2,1-2H3;2*1,13-15H,5-12H2,2-3H3;1-2H;1-2H3/b6-5+;14-4+;;;2-1+;. The van der Waals surface area contributed by atoms with Gasteiger partial charge in [0, 0.05) is 43.7 Å². The molecule has 10 aliphatic carbocycles. The summed E-state index contributed by atoms with van der Waals surface area (Å²) in [6, 6.07) is 0. The maximum atomic E-state index is 5.63. The van der Waals surface area contributed by atoms with E-state index in [4.69, 9.17) is 47.6 Å². The van der Waals surface area contributed by atoms with Gasteiger partial charge in [0.25, 0.3) is 0 Å². The van der Waals surface area contributed by atoms with Crippen molar-refractivity contribution >= 4 is 34.8 Å². The molecule has 0 bridgehead atoms. The highest BCUT2D eigenvalue weighted by atomic mass is 35.5. The molecule has 3 heteroatoms. The molecule has 91 heavy (non-hydrogen) atoms. The van der Waals surface area contributed by atoms with Gasteiger partial charge in [0.15, 0.2) is 0 Å². The summed E-state index contributed by atoms with van der Waals surface area (Å²) in [6.07, 6.45) is 73.1. The average Bonchev–Trinajstić information content (AvgIpc) is 2.24. The minimum Gasteiger partial charge on any atom is -0.120 e. The molecule has 0 aliphatic heterocycles. The van der Waals surface area contributed by atoms with Crippen LogP contribution in [0.25, 0.3) is 0 Å². The van der Waals surface area contributed by atoms with Gasteiger partial charge >= 0.3 is 0 Å². The van der Waals surface area contributed by atoms with Crippen LogP contribution in [0.3, 0.4) is 0 Å². The van der Waals surface area contributed by atoms with Crippen molar-refractivity contribution in [3.8, 4) is 60.2 Å². The van der Waals surface area contributed by atoms with Crippen LogP contribution in [-0.4, -0.2) is 0 Å². The molecule has 0 saturated heterocycles. The van der Waals surface area contributed by atoms with Crippen LogP contribution in [0.4, 0.5) is 0 Å². The van der Waals surface area contributed by atoms with E-state index in [1.807, 2.05) is 26.0 Å². The molecule has 0 nitrogen and oxygen atoms in total. The Labute approximate surface area is 581 Å². The number of terminal acetylenes is 2. The van der Waals surface area contributed by atoms with Crippen molar-refractivity contribution in [2.45, 2.75) is 340 Å². The first-order chi connectivity index (χ1) is 43.6. The molecular weight excluding hydrogens is 1160 g/mol. The van der Waals surface area contributed by atoms with Gasteiger partial charge in [0.2, 0.25) is 0 Å². The van der Waals surface area contributed by atoms with E-state index in [0.717, 1.165) is 88.8 Å². The lowest BCUT2D eigenvalue weighted by atomic mass is 9.65. The lowest BCUT2D eigenvalue weighted by Gasteiger charge is -2.39. The molecule has 0 radical (unpaired) electrons. The van der Waals surface area contributed by atoms with Gasteiger partial charge in [-0.2, -0.15) is 0 Å². The molecule has 0 spiro atoms. The molecule has 0 N–H and O–H groups in total. The number of allylic oxidation sites excluding steroid dienone is 3. The predicted molar refractivity (Wildman–Crippen MR) is 403 cm³/mol. The zero-order valence-corrected chi connectivity index (χ0v) is 63.5. The zero-order chi connectivity index (χ0) is 66.3. The molecule has 512 valence electrons. The van der Waals surface area contributed by atoms with Gasteiger partial charge in [-0.1, -0.05) is 183 Å². The Kier molecular flexibility index (Phi) is 36.0. The highest BCUT2D eigenvalue weighted by Gasteiger charge is 2.39. The fourth-order valence-corrected chi connectivity index (χ4v) is 19.0. The Morgan fingerprint density at radius 1 is 0.253 bits per heavy atom. The van der Waals surface area contributed by atoms with Gasteiger partial charge in [0.1, 0.15) is 0 Å². The van der Waals surface area contributed by atoms with E-state index < -0.39 is 0 Å². The smallest absolute Gasteiger partial charge is 0.0290 e. The summed E-state index contributed by atoms with van der Waals surface area (Å²) in [5.74, 6) is 41.3. The van der Waals surface area contributed by atoms with E-state index in [-0.39, 0.29) is 27.1 Å². The lowest BCUT2D eigenvalue weighted by Crippen LogP contribution is -2.29. The van der Waals surface area contributed by atoms with Crippen LogP contribution >= 0.6 is 34.8 Å². The maximum absolute atomic E-state index is 5.63. The molecule has 0 amide bonds. The highest BCUT2D eigenvalue weighted by Crippen LogP contribution is 2.50. The summed E-state index contributed by atoms with van der Waals surface area (Å²) >= 11 is 15.3. The number of hydrogen-bond acceptors (Lipinski definition) is 0. The quantitative estimate of drug-likeness (QED) is 0.241. The van der Waals surface area contributed by atoms with Gasteiger partial charge in [-0.3, -0.25) is 0 Å². The van der Waals surface area contributed by atoms with Crippen LogP contribution in [0.1, 0.15) is 340 Å². The molecule has 0 atom stereocenters. The molecule has 0 heterocycles. The first-order valence-corrected chi connectivity index (χ1v) is 40.2. The molecule has 10 aliphatic rings. The van der Waals surface area contributed by atoms with Gasteiger partial charge in [-0.25, -0.2) is 0 Å². The Bertz CT molecular complexity index is 2230. The van der Waals surface area contributed by atoms with Gasteiger partial charge < -0.3 is 0 Å². The maximum Gasteiger partial charge on any atom is 0.0290 e. The summed E-state index contributed by atoms with van der Waals surface area (Å²) in [5.41, 5.74) is 5.09.